The second-order valence-corrected chi connectivity index (χ2v) is 8.07. The van der Waals surface area contributed by atoms with E-state index in [9.17, 15) is 4.79 Å². The number of benzene rings is 1. The molecule has 1 aromatic rings. The standard InChI is InChI=1S/C21H34N4O3/c1-21(2,3)28-20(26)25-11-9-16(10-12-25)14-23-19(22-4)24-15-17-7-6-8-18(13-17)27-5/h6-8,13,16H,9-12,14-15H2,1-5H3,(H2,22,23,24). The van der Waals surface area contributed by atoms with E-state index in [2.05, 4.69) is 21.7 Å². The highest BCUT2D eigenvalue weighted by Crippen LogP contribution is 2.19. The largest absolute Gasteiger partial charge is 0.497 e. The Hall–Kier alpha value is -2.44. The number of aliphatic imine (C=N–C) groups is 1. The number of nitrogens with one attached hydrogen (secondary N) is 2. The van der Waals surface area contributed by atoms with Gasteiger partial charge in [0.05, 0.1) is 7.11 Å². The Bertz CT molecular complexity index is 662. The van der Waals surface area contributed by atoms with Crippen molar-refractivity contribution < 1.29 is 14.3 Å². The number of guanidine groups is 1. The fraction of sp³-hybridized carbons (Fsp3) is 0.619. The molecule has 1 heterocycles. The Morgan fingerprint density at radius 2 is 1.96 bits per heavy atom. The number of likely N-dealkylation sites (tertiary alicyclic amines) is 1. The van der Waals surface area contributed by atoms with Gasteiger partial charge in [0.25, 0.3) is 0 Å². The molecule has 1 aliphatic rings. The summed E-state index contributed by atoms with van der Waals surface area (Å²) >= 11 is 0. The van der Waals surface area contributed by atoms with E-state index in [-0.39, 0.29) is 6.09 Å². The van der Waals surface area contributed by atoms with E-state index in [1.807, 2.05) is 39.0 Å². The molecule has 1 amide bonds. The highest BCUT2D eigenvalue weighted by Gasteiger charge is 2.26. The fourth-order valence-electron chi connectivity index (χ4n) is 3.08. The topological polar surface area (TPSA) is 75.2 Å². The van der Waals surface area contributed by atoms with E-state index in [1.165, 1.54) is 0 Å². The van der Waals surface area contributed by atoms with Crippen LogP contribution in [0.4, 0.5) is 4.79 Å². The lowest BCUT2D eigenvalue weighted by Crippen LogP contribution is -2.45. The number of methoxy groups -OCH3 is 1. The average molecular weight is 391 g/mol. The van der Waals surface area contributed by atoms with Crippen LogP contribution in [0.25, 0.3) is 0 Å². The van der Waals surface area contributed by atoms with Crippen LogP contribution in [0.15, 0.2) is 29.3 Å². The van der Waals surface area contributed by atoms with Gasteiger partial charge in [0.1, 0.15) is 11.4 Å². The van der Waals surface area contributed by atoms with Crippen LogP contribution in [0, 0.1) is 5.92 Å². The van der Waals surface area contributed by atoms with Gasteiger partial charge < -0.3 is 25.0 Å². The first kappa shape index (κ1) is 21.9. The molecule has 1 saturated heterocycles. The van der Waals surface area contributed by atoms with Gasteiger partial charge in [-0.25, -0.2) is 4.79 Å². The highest BCUT2D eigenvalue weighted by atomic mass is 16.6. The maximum atomic E-state index is 12.1. The van der Waals surface area contributed by atoms with E-state index >= 15 is 0 Å². The molecule has 0 bridgehead atoms. The summed E-state index contributed by atoms with van der Waals surface area (Å²) in [6.45, 7) is 8.66. The number of carbonyl (C=O) groups excluding carboxylic acids is 1. The van der Waals surface area contributed by atoms with Crippen LogP contribution >= 0.6 is 0 Å². The van der Waals surface area contributed by atoms with Crippen LogP contribution < -0.4 is 15.4 Å². The number of carbonyl (C=O) groups is 1. The fourth-order valence-corrected chi connectivity index (χ4v) is 3.08. The van der Waals surface area contributed by atoms with Crippen LogP contribution in [-0.2, 0) is 11.3 Å². The van der Waals surface area contributed by atoms with Crippen molar-refractivity contribution in [2.45, 2.75) is 45.8 Å². The monoisotopic (exact) mass is 390 g/mol. The average Bonchev–Trinajstić information content (AvgIpc) is 2.67. The van der Waals surface area contributed by atoms with Crippen molar-refractivity contribution in [3.05, 3.63) is 29.8 Å². The smallest absolute Gasteiger partial charge is 0.410 e. The van der Waals surface area contributed by atoms with Crippen LogP contribution in [-0.4, -0.2) is 56.3 Å². The number of rotatable bonds is 5. The molecule has 7 nitrogen and oxygen atoms in total. The molecule has 1 fully saturated rings. The first-order valence-corrected chi connectivity index (χ1v) is 9.86. The molecule has 0 spiro atoms. The minimum atomic E-state index is -0.448. The molecule has 0 atom stereocenters. The third-order valence-corrected chi connectivity index (χ3v) is 4.64. The van der Waals surface area contributed by atoms with E-state index in [1.54, 1.807) is 19.1 Å². The molecule has 156 valence electrons. The zero-order valence-corrected chi connectivity index (χ0v) is 17.7. The van der Waals surface area contributed by atoms with Crippen molar-refractivity contribution >= 4 is 12.1 Å². The van der Waals surface area contributed by atoms with E-state index in [0.717, 1.165) is 49.7 Å². The number of hydrogen-bond acceptors (Lipinski definition) is 4. The van der Waals surface area contributed by atoms with Gasteiger partial charge in [-0.15, -0.1) is 0 Å². The van der Waals surface area contributed by atoms with Crippen molar-refractivity contribution in [2.75, 3.05) is 33.8 Å². The molecule has 7 heteroatoms. The number of piperidine rings is 1. The Kier molecular flexibility index (Phi) is 7.96. The van der Waals surface area contributed by atoms with Crippen LogP contribution in [0.1, 0.15) is 39.2 Å². The van der Waals surface area contributed by atoms with Crippen molar-refractivity contribution in [1.29, 1.82) is 0 Å². The molecule has 0 radical (unpaired) electrons. The number of amides is 1. The molecule has 2 rings (SSSR count). The van der Waals surface area contributed by atoms with E-state index in [0.29, 0.717) is 12.5 Å². The lowest BCUT2D eigenvalue weighted by molar-refractivity contribution is 0.0185. The van der Waals surface area contributed by atoms with Crippen LogP contribution in [0.5, 0.6) is 5.75 Å². The normalized spacial score (nSPS) is 15.9. The summed E-state index contributed by atoms with van der Waals surface area (Å²) in [6.07, 6.45) is 1.70. The molecule has 2 N–H and O–H groups in total. The van der Waals surface area contributed by atoms with Gasteiger partial charge in [0, 0.05) is 33.2 Å². The lowest BCUT2D eigenvalue weighted by atomic mass is 9.97. The second-order valence-electron chi connectivity index (χ2n) is 8.07. The van der Waals surface area contributed by atoms with Gasteiger partial charge in [-0.1, -0.05) is 12.1 Å². The number of ether oxygens (including phenoxy) is 2. The maximum absolute atomic E-state index is 12.1. The summed E-state index contributed by atoms with van der Waals surface area (Å²) in [7, 11) is 3.44. The van der Waals surface area contributed by atoms with Gasteiger partial charge in [0.15, 0.2) is 5.96 Å². The Labute approximate surface area is 168 Å². The van der Waals surface area contributed by atoms with Gasteiger partial charge >= 0.3 is 6.09 Å². The predicted molar refractivity (Wildman–Crippen MR) is 112 cm³/mol. The Balaban J connectivity index is 1.72. The van der Waals surface area contributed by atoms with Gasteiger partial charge in [-0.2, -0.15) is 0 Å². The van der Waals surface area contributed by atoms with Crippen LogP contribution in [0.3, 0.4) is 0 Å². The third-order valence-electron chi connectivity index (χ3n) is 4.64. The van der Waals surface area contributed by atoms with Gasteiger partial charge in [0.2, 0.25) is 0 Å². The summed E-state index contributed by atoms with van der Waals surface area (Å²) in [6, 6.07) is 7.96. The molecule has 0 unspecified atom stereocenters. The summed E-state index contributed by atoms with van der Waals surface area (Å²) in [5, 5.41) is 6.72. The molecular formula is C21H34N4O3. The second kappa shape index (κ2) is 10.2. The summed E-state index contributed by atoms with van der Waals surface area (Å²) in [5.74, 6) is 2.13. The molecule has 0 saturated carbocycles. The predicted octanol–water partition coefficient (Wildman–Crippen LogP) is 3.01. The van der Waals surface area contributed by atoms with E-state index in [4.69, 9.17) is 9.47 Å². The zero-order chi connectivity index (χ0) is 20.6. The number of hydrogen-bond donors (Lipinski definition) is 2. The summed E-state index contributed by atoms with van der Waals surface area (Å²) < 4.78 is 10.7. The van der Waals surface area contributed by atoms with Crippen molar-refractivity contribution in [3.63, 3.8) is 0 Å². The molecule has 28 heavy (non-hydrogen) atoms. The first-order chi connectivity index (χ1) is 13.3. The lowest BCUT2D eigenvalue weighted by Gasteiger charge is -2.33. The zero-order valence-electron chi connectivity index (χ0n) is 17.7. The number of nitrogens with zero attached hydrogens (tertiary/aromatic N) is 2. The molecule has 0 aromatic heterocycles. The molecular weight excluding hydrogens is 356 g/mol. The first-order valence-electron chi connectivity index (χ1n) is 9.86. The van der Waals surface area contributed by atoms with Crippen molar-refractivity contribution in [2.24, 2.45) is 10.9 Å². The molecule has 1 aromatic carbocycles. The molecule has 1 aliphatic heterocycles. The van der Waals surface area contributed by atoms with Gasteiger partial charge in [-0.05, 0) is 57.2 Å². The minimum absolute atomic E-state index is 0.213. The molecule has 0 aliphatic carbocycles. The summed E-state index contributed by atoms with van der Waals surface area (Å²) in [4.78, 5) is 18.2. The SMILES string of the molecule is CN=C(NCc1cccc(OC)c1)NCC1CCN(C(=O)OC(C)(C)C)CC1. The van der Waals surface area contributed by atoms with Crippen molar-refractivity contribution in [3.8, 4) is 5.75 Å². The third kappa shape index (κ3) is 7.29. The maximum Gasteiger partial charge on any atom is 0.410 e. The Morgan fingerprint density at radius 1 is 1.25 bits per heavy atom. The highest BCUT2D eigenvalue weighted by molar-refractivity contribution is 5.79. The van der Waals surface area contributed by atoms with Crippen LogP contribution in [0.2, 0.25) is 0 Å². The minimum Gasteiger partial charge on any atom is -0.497 e. The Morgan fingerprint density at radius 3 is 2.57 bits per heavy atom. The van der Waals surface area contributed by atoms with E-state index < -0.39 is 5.60 Å². The summed E-state index contributed by atoms with van der Waals surface area (Å²) in [5.41, 5.74) is 0.684. The quantitative estimate of drug-likeness (QED) is 0.597. The van der Waals surface area contributed by atoms with Gasteiger partial charge in [-0.3, -0.25) is 4.99 Å². The van der Waals surface area contributed by atoms with Crippen molar-refractivity contribution in [1.82, 2.24) is 15.5 Å².